The number of hydrogen-bond acceptors (Lipinski definition) is 2. The van der Waals surface area contributed by atoms with Crippen LogP contribution in [-0.2, 0) is 0 Å². The number of halogens is 3. The van der Waals surface area contributed by atoms with Gasteiger partial charge in [-0.15, -0.1) is 0 Å². The summed E-state index contributed by atoms with van der Waals surface area (Å²) in [4.78, 5) is 6.14. The molecule has 7 heteroatoms. The molecule has 0 atom stereocenters. The minimum atomic E-state index is -4.64. The molecule has 0 amide bonds. The van der Waals surface area contributed by atoms with Crippen molar-refractivity contribution in [3.63, 3.8) is 0 Å². The summed E-state index contributed by atoms with van der Waals surface area (Å²) >= 11 is 0. The lowest BCUT2D eigenvalue weighted by atomic mass is 10.1. The number of aromatic nitrogens is 1. The van der Waals surface area contributed by atoms with Gasteiger partial charge in [-0.2, -0.15) is 17.9 Å². The van der Waals surface area contributed by atoms with Gasteiger partial charge in [-0.1, -0.05) is 0 Å². The smallest absolute Gasteiger partial charge is 0.451 e. The molecule has 0 aliphatic rings. The van der Waals surface area contributed by atoms with E-state index in [-0.39, 0.29) is 0 Å². The number of aryl methyl sites for hydroxylation is 2. The highest BCUT2D eigenvalue weighted by atomic mass is 19.4. The fraction of sp³-hybridized carbons (Fsp3) is 0.308. The summed E-state index contributed by atoms with van der Waals surface area (Å²) in [6, 6.07) is 3.16. The second kappa shape index (κ2) is 5.85. The average Bonchev–Trinajstić information content (AvgIpc) is 2.34. The Morgan fingerprint density at radius 3 is 2.20 bits per heavy atom. The highest BCUT2D eigenvalue weighted by Gasteiger charge is 2.35. The van der Waals surface area contributed by atoms with Gasteiger partial charge in [0.05, 0.1) is 0 Å². The monoisotopic (exact) mass is 285 g/mol. The van der Waals surface area contributed by atoms with Crippen LogP contribution in [0, 0.1) is 19.1 Å². The van der Waals surface area contributed by atoms with Gasteiger partial charge in [0.2, 0.25) is 5.84 Å². The number of aliphatic imine (C=N–C) groups is 2. The van der Waals surface area contributed by atoms with E-state index in [0.717, 1.165) is 10.9 Å². The Bertz CT molecular complexity index is 566. The molecule has 0 radical (unpaired) electrons. The first-order chi connectivity index (χ1) is 9.16. The van der Waals surface area contributed by atoms with E-state index in [1.807, 2.05) is 0 Å². The van der Waals surface area contributed by atoms with Gasteiger partial charge in [0.15, 0.2) is 11.4 Å². The van der Waals surface area contributed by atoms with Gasteiger partial charge < -0.3 is 5.21 Å². The lowest BCUT2D eigenvalue weighted by molar-refractivity contribution is -0.619. The van der Waals surface area contributed by atoms with Crippen LogP contribution in [-0.4, -0.2) is 18.7 Å². The highest BCUT2D eigenvalue weighted by molar-refractivity contribution is 5.91. The van der Waals surface area contributed by atoms with Crippen LogP contribution in [0.15, 0.2) is 28.3 Å². The Morgan fingerprint density at radius 2 is 1.80 bits per heavy atom. The molecule has 4 nitrogen and oxygen atoms in total. The summed E-state index contributed by atoms with van der Waals surface area (Å²) in [5.74, 6) is -1.31. The molecule has 0 unspecified atom stereocenters. The van der Waals surface area contributed by atoms with Crippen molar-refractivity contribution in [1.82, 2.24) is 0 Å². The first-order valence-corrected chi connectivity index (χ1v) is 5.66. The van der Waals surface area contributed by atoms with Gasteiger partial charge in [0, 0.05) is 32.2 Å². The summed E-state index contributed by atoms with van der Waals surface area (Å²) < 4.78 is 38.0. The molecule has 1 aromatic heterocycles. The van der Waals surface area contributed by atoms with Crippen molar-refractivity contribution >= 4 is 18.1 Å². The quantitative estimate of drug-likeness (QED) is 0.357. The number of rotatable bonds is 2. The zero-order valence-corrected chi connectivity index (χ0v) is 11.3. The number of nitrogens with zero attached hydrogens (tertiary/aromatic N) is 3. The third-order valence-electron chi connectivity index (χ3n) is 2.61. The molecule has 20 heavy (non-hydrogen) atoms. The molecule has 0 aliphatic carbocycles. The molecule has 1 aromatic rings. The molecule has 0 aliphatic heterocycles. The zero-order chi connectivity index (χ0) is 15.5. The van der Waals surface area contributed by atoms with Crippen molar-refractivity contribution in [3.8, 4) is 0 Å². The Hall–Kier alpha value is -2.18. The molecule has 1 heterocycles. The Morgan fingerprint density at radius 1 is 1.30 bits per heavy atom. The van der Waals surface area contributed by atoms with Crippen molar-refractivity contribution in [1.29, 1.82) is 0 Å². The largest absolute Gasteiger partial charge is 0.618 e. The molecule has 0 saturated carbocycles. The minimum Gasteiger partial charge on any atom is -0.618 e. The minimum absolute atomic E-state index is 0.453. The standard InChI is InChI=1S/C13H14F3N3O/c1-8(7-18-12(17-4)13(14,15)16)11-5-9(2)19(20)10(3)6-11/h5-7H,4H2,1-3H3/b8-7+,18-12-. The van der Waals surface area contributed by atoms with Crippen LogP contribution in [0.4, 0.5) is 13.2 Å². The molecule has 0 bridgehead atoms. The lowest BCUT2D eigenvalue weighted by Gasteiger charge is -2.07. The third-order valence-corrected chi connectivity index (χ3v) is 2.61. The van der Waals surface area contributed by atoms with Gasteiger partial charge >= 0.3 is 6.18 Å². The van der Waals surface area contributed by atoms with E-state index >= 15 is 0 Å². The normalized spacial score (nSPS) is 13.5. The van der Waals surface area contributed by atoms with E-state index in [9.17, 15) is 18.4 Å². The molecule has 0 spiro atoms. The molecule has 0 fully saturated rings. The summed E-state index contributed by atoms with van der Waals surface area (Å²) in [7, 11) is 0. The van der Waals surface area contributed by atoms with Crippen molar-refractivity contribution in [2.75, 3.05) is 0 Å². The van der Waals surface area contributed by atoms with Gasteiger partial charge in [-0.3, -0.25) is 0 Å². The van der Waals surface area contributed by atoms with E-state index < -0.39 is 12.0 Å². The maximum Gasteiger partial charge on any atom is 0.451 e. The SMILES string of the molecule is C=N/C(=N\C=C(/C)c1cc(C)[n+]([O-])c(C)c1)C(F)(F)F. The van der Waals surface area contributed by atoms with E-state index in [4.69, 9.17) is 0 Å². The van der Waals surface area contributed by atoms with E-state index in [1.54, 1.807) is 32.9 Å². The fourth-order valence-electron chi connectivity index (χ4n) is 1.55. The topological polar surface area (TPSA) is 51.7 Å². The van der Waals surface area contributed by atoms with Crippen molar-refractivity contribution in [2.24, 2.45) is 9.98 Å². The summed E-state index contributed by atoms with van der Waals surface area (Å²) in [6.45, 7) is 7.68. The van der Waals surface area contributed by atoms with Crippen LogP contribution >= 0.6 is 0 Å². The van der Waals surface area contributed by atoms with E-state index in [2.05, 4.69) is 16.7 Å². The van der Waals surface area contributed by atoms with Gasteiger partial charge in [0.25, 0.3) is 0 Å². The molecular formula is C13H14F3N3O. The first-order valence-electron chi connectivity index (χ1n) is 5.66. The number of hydrogen-bond donors (Lipinski definition) is 0. The van der Waals surface area contributed by atoms with Crippen LogP contribution in [0.2, 0.25) is 0 Å². The maximum atomic E-state index is 12.4. The molecule has 1 rings (SSSR count). The molecule has 108 valence electrons. The molecule has 0 N–H and O–H groups in total. The lowest BCUT2D eigenvalue weighted by Crippen LogP contribution is -2.33. The summed E-state index contributed by atoms with van der Waals surface area (Å²) in [6.07, 6.45) is -3.58. The third kappa shape index (κ3) is 3.66. The van der Waals surface area contributed by atoms with Crippen molar-refractivity contribution < 1.29 is 17.9 Å². The highest BCUT2D eigenvalue weighted by Crippen LogP contribution is 2.20. The van der Waals surface area contributed by atoms with Crippen LogP contribution in [0.5, 0.6) is 0 Å². The predicted molar refractivity (Wildman–Crippen MR) is 71.6 cm³/mol. The van der Waals surface area contributed by atoms with Crippen LogP contribution < -0.4 is 4.73 Å². The van der Waals surface area contributed by atoms with Gasteiger partial charge in [-0.25, -0.2) is 9.98 Å². The summed E-state index contributed by atoms with van der Waals surface area (Å²) in [5.41, 5.74) is 2.02. The van der Waals surface area contributed by atoms with Gasteiger partial charge in [-0.05, 0) is 24.8 Å². The van der Waals surface area contributed by atoms with Crippen molar-refractivity contribution in [2.45, 2.75) is 26.9 Å². The van der Waals surface area contributed by atoms with E-state index in [0.29, 0.717) is 22.5 Å². The average molecular weight is 285 g/mol. The predicted octanol–water partition coefficient (Wildman–Crippen LogP) is 2.96. The zero-order valence-electron chi connectivity index (χ0n) is 11.3. The first kappa shape index (κ1) is 15.9. The Labute approximate surface area is 114 Å². The van der Waals surface area contributed by atoms with Crippen LogP contribution in [0.3, 0.4) is 0 Å². The van der Waals surface area contributed by atoms with E-state index in [1.165, 1.54) is 0 Å². The number of alkyl halides is 3. The molecule has 0 saturated heterocycles. The fourth-order valence-corrected chi connectivity index (χ4v) is 1.55. The number of pyridine rings is 1. The summed E-state index contributed by atoms with van der Waals surface area (Å²) in [5, 5.41) is 11.5. The van der Waals surface area contributed by atoms with Gasteiger partial charge in [0.1, 0.15) is 0 Å². The van der Waals surface area contributed by atoms with Crippen LogP contribution in [0.1, 0.15) is 23.9 Å². The Balaban J connectivity index is 3.18. The molecule has 0 aromatic carbocycles. The number of amidine groups is 1. The maximum absolute atomic E-state index is 12.4. The molecular weight excluding hydrogens is 271 g/mol. The van der Waals surface area contributed by atoms with Crippen LogP contribution in [0.25, 0.3) is 5.57 Å². The second-order valence-corrected chi connectivity index (χ2v) is 4.24. The number of allylic oxidation sites excluding steroid dienone is 1. The Kier molecular flexibility index (Phi) is 4.65. The second-order valence-electron chi connectivity index (χ2n) is 4.24. The van der Waals surface area contributed by atoms with Crippen molar-refractivity contribution in [3.05, 3.63) is 40.5 Å².